The minimum atomic E-state index is -0.216. The maximum absolute atomic E-state index is 11.6. The van der Waals surface area contributed by atoms with E-state index in [9.17, 15) is 4.79 Å². The highest BCUT2D eigenvalue weighted by atomic mass is 16.1. The Bertz CT molecular complexity index is 1040. The molecule has 2 heterocycles. The van der Waals surface area contributed by atoms with Crippen LogP contribution in [0.3, 0.4) is 0 Å². The molecule has 1 fully saturated rings. The minimum absolute atomic E-state index is 0.216. The van der Waals surface area contributed by atoms with E-state index < -0.39 is 0 Å². The van der Waals surface area contributed by atoms with Crippen LogP contribution in [-0.2, 0) is 4.79 Å². The molecule has 1 aromatic heterocycles. The van der Waals surface area contributed by atoms with E-state index in [4.69, 9.17) is 4.98 Å². The molecule has 5 nitrogen and oxygen atoms in total. The van der Waals surface area contributed by atoms with E-state index in [1.807, 2.05) is 24.3 Å². The molecule has 0 unspecified atom stereocenters. The summed E-state index contributed by atoms with van der Waals surface area (Å²) in [6, 6.07) is 18.7. The maximum Gasteiger partial charge on any atom is 0.247 e. The highest BCUT2D eigenvalue weighted by molar-refractivity contribution is 5.99. The summed E-state index contributed by atoms with van der Waals surface area (Å²) in [7, 11) is 2.17. The van der Waals surface area contributed by atoms with Crippen LogP contribution in [0.15, 0.2) is 67.3 Å². The first-order valence-corrected chi connectivity index (χ1v) is 10.0. The van der Waals surface area contributed by atoms with E-state index in [1.165, 1.54) is 6.08 Å². The van der Waals surface area contributed by atoms with Gasteiger partial charge in [-0.15, -0.1) is 0 Å². The molecule has 1 saturated heterocycles. The first kappa shape index (κ1) is 19.2. The van der Waals surface area contributed by atoms with Gasteiger partial charge in [0.1, 0.15) is 5.82 Å². The van der Waals surface area contributed by atoms with Gasteiger partial charge in [0.05, 0.1) is 5.52 Å². The highest BCUT2D eigenvalue weighted by Crippen LogP contribution is 2.27. The molecule has 4 rings (SSSR count). The van der Waals surface area contributed by atoms with Crippen LogP contribution in [0.25, 0.3) is 22.0 Å². The molecule has 3 aromatic rings. The molecule has 0 radical (unpaired) electrons. The summed E-state index contributed by atoms with van der Waals surface area (Å²) < 4.78 is 0. The van der Waals surface area contributed by atoms with Crippen LogP contribution in [0.5, 0.6) is 0 Å². The van der Waals surface area contributed by atoms with Gasteiger partial charge in [-0.25, -0.2) is 4.98 Å². The fourth-order valence-corrected chi connectivity index (χ4v) is 3.71. The number of hydrogen-bond acceptors (Lipinski definition) is 4. The molecule has 2 N–H and O–H groups in total. The lowest BCUT2D eigenvalue weighted by molar-refractivity contribution is -0.111. The Kier molecular flexibility index (Phi) is 5.58. The molecule has 0 saturated carbocycles. The summed E-state index contributed by atoms with van der Waals surface area (Å²) in [5.41, 5.74) is 3.81. The minimum Gasteiger partial charge on any atom is -0.367 e. The van der Waals surface area contributed by atoms with Gasteiger partial charge in [-0.2, -0.15) is 0 Å². The number of hydrogen-bond donors (Lipinski definition) is 2. The molecule has 0 aliphatic carbocycles. The second-order valence-corrected chi connectivity index (χ2v) is 7.60. The van der Waals surface area contributed by atoms with Crippen molar-refractivity contribution in [2.45, 2.75) is 18.9 Å². The summed E-state index contributed by atoms with van der Waals surface area (Å²) in [6.07, 6.45) is 3.55. The first-order valence-electron chi connectivity index (χ1n) is 10.0. The number of nitrogens with zero attached hydrogens (tertiary/aromatic N) is 2. The van der Waals surface area contributed by atoms with Crippen molar-refractivity contribution in [2.75, 3.05) is 30.8 Å². The van der Waals surface area contributed by atoms with E-state index >= 15 is 0 Å². The Morgan fingerprint density at radius 3 is 2.66 bits per heavy atom. The van der Waals surface area contributed by atoms with Gasteiger partial charge >= 0.3 is 0 Å². The zero-order valence-electron chi connectivity index (χ0n) is 16.7. The number of rotatable bonds is 5. The van der Waals surface area contributed by atoms with Crippen molar-refractivity contribution in [1.29, 1.82) is 0 Å². The molecule has 1 aliphatic heterocycles. The normalized spacial score (nSPS) is 15.2. The van der Waals surface area contributed by atoms with E-state index in [-0.39, 0.29) is 5.91 Å². The van der Waals surface area contributed by atoms with Gasteiger partial charge in [-0.05, 0) is 80.5 Å². The van der Waals surface area contributed by atoms with Crippen LogP contribution in [-0.4, -0.2) is 42.0 Å². The van der Waals surface area contributed by atoms with E-state index in [1.54, 1.807) is 0 Å². The van der Waals surface area contributed by atoms with Gasteiger partial charge in [0.2, 0.25) is 5.91 Å². The number of carbonyl (C=O) groups excluding carboxylic acids is 1. The SMILES string of the molecule is C=CC(=O)Nc1cccc(-c2ccc3ccc(NC4CCN(C)CC4)nc3c2)c1. The van der Waals surface area contributed by atoms with Gasteiger partial charge in [0, 0.05) is 17.1 Å². The lowest BCUT2D eigenvalue weighted by atomic mass is 10.0. The van der Waals surface area contributed by atoms with Crippen molar-refractivity contribution in [3.8, 4) is 11.1 Å². The largest absolute Gasteiger partial charge is 0.367 e. The summed E-state index contributed by atoms with van der Waals surface area (Å²) in [5, 5.41) is 7.52. The summed E-state index contributed by atoms with van der Waals surface area (Å²) in [4.78, 5) is 18.8. The summed E-state index contributed by atoms with van der Waals surface area (Å²) >= 11 is 0. The quantitative estimate of drug-likeness (QED) is 0.633. The number of amides is 1. The fourth-order valence-electron chi connectivity index (χ4n) is 3.71. The third-order valence-corrected chi connectivity index (χ3v) is 5.41. The fraction of sp³-hybridized carbons (Fsp3) is 0.250. The molecule has 0 atom stereocenters. The Hall–Kier alpha value is -3.18. The standard InChI is InChI=1S/C24H26N4O/c1-3-24(29)26-21-6-4-5-18(15-21)19-8-7-17-9-10-23(27-22(17)16-19)25-20-11-13-28(2)14-12-20/h3-10,15-16,20H,1,11-14H2,2H3,(H,25,27)(H,26,29). The second-order valence-electron chi connectivity index (χ2n) is 7.60. The number of benzene rings is 2. The second kappa shape index (κ2) is 8.45. The molecule has 29 heavy (non-hydrogen) atoms. The number of aromatic nitrogens is 1. The van der Waals surface area contributed by atoms with Crippen molar-refractivity contribution >= 4 is 28.3 Å². The Labute approximate surface area is 171 Å². The van der Waals surface area contributed by atoms with E-state index in [0.717, 1.165) is 59.5 Å². The van der Waals surface area contributed by atoms with Crippen molar-refractivity contribution in [3.63, 3.8) is 0 Å². The Balaban J connectivity index is 1.57. The molecule has 0 bridgehead atoms. The average Bonchev–Trinajstić information content (AvgIpc) is 2.75. The van der Waals surface area contributed by atoms with Crippen LogP contribution in [0.4, 0.5) is 11.5 Å². The number of carbonyl (C=O) groups is 1. The number of nitrogens with one attached hydrogen (secondary N) is 2. The molecule has 5 heteroatoms. The van der Waals surface area contributed by atoms with Crippen LogP contribution in [0, 0.1) is 0 Å². The van der Waals surface area contributed by atoms with Crippen molar-refractivity contribution in [2.24, 2.45) is 0 Å². The van der Waals surface area contributed by atoms with Gasteiger partial charge in [0.25, 0.3) is 0 Å². The maximum atomic E-state index is 11.6. The summed E-state index contributed by atoms with van der Waals surface area (Å²) in [6.45, 7) is 5.73. The lowest BCUT2D eigenvalue weighted by Crippen LogP contribution is -2.36. The van der Waals surface area contributed by atoms with Crippen LogP contribution < -0.4 is 10.6 Å². The Morgan fingerprint density at radius 2 is 1.86 bits per heavy atom. The summed E-state index contributed by atoms with van der Waals surface area (Å²) in [5.74, 6) is 0.711. The number of pyridine rings is 1. The van der Waals surface area contributed by atoms with Crippen molar-refractivity contribution < 1.29 is 4.79 Å². The first-order chi connectivity index (χ1) is 14.1. The predicted octanol–water partition coefficient (Wildman–Crippen LogP) is 4.53. The average molecular weight is 386 g/mol. The van der Waals surface area contributed by atoms with Crippen molar-refractivity contribution in [3.05, 3.63) is 67.3 Å². The highest BCUT2D eigenvalue weighted by Gasteiger charge is 2.16. The zero-order chi connectivity index (χ0) is 20.2. The molecular formula is C24H26N4O. The topological polar surface area (TPSA) is 57.3 Å². The third kappa shape index (κ3) is 4.63. The number of likely N-dealkylation sites (tertiary alicyclic amines) is 1. The molecule has 1 aliphatic rings. The van der Waals surface area contributed by atoms with E-state index in [0.29, 0.717) is 6.04 Å². The smallest absolute Gasteiger partial charge is 0.247 e. The number of piperidine rings is 1. The van der Waals surface area contributed by atoms with Crippen LogP contribution >= 0.6 is 0 Å². The third-order valence-electron chi connectivity index (χ3n) is 5.41. The molecule has 1 amide bonds. The van der Waals surface area contributed by atoms with Gasteiger partial charge in [0.15, 0.2) is 0 Å². The Morgan fingerprint density at radius 1 is 1.10 bits per heavy atom. The number of anilines is 2. The lowest BCUT2D eigenvalue weighted by Gasteiger charge is -2.29. The number of fused-ring (bicyclic) bond motifs is 1. The predicted molar refractivity (Wildman–Crippen MR) is 120 cm³/mol. The van der Waals surface area contributed by atoms with Crippen molar-refractivity contribution in [1.82, 2.24) is 9.88 Å². The zero-order valence-corrected chi connectivity index (χ0v) is 16.7. The van der Waals surface area contributed by atoms with E-state index in [2.05, 4.69) is 59.5 Å². The van der Waals surface area contributed by atoms with Gasteiger partial charge in [-0.3, -0.25) is 4.79 Å². The molecular weight excluding hydrogens is 360 g/mol. The molecule has 0 spiro atoms. The molecule has 2 aromatic carbocycles. The van der Waals surface area contributed by atoms with Crippen LogP contribution in [0.2, 0.25) is 0 Å². The van der Waals surface area contributed by atoms with Gasteiger partial charge in [-0.1, -0.05) is 30.8 Å². The molecule has 148 valence electrons. The van der Waals surface area contributed by atoms with Gasteiger partial charge < -0.3 is 15.5 Å². The monoisotopic (exact) mass is 386 g/mol. The van der Waals surface area contributed by atoms with Crippen LogP contribution in [0.1, 0.15) is 12.8 Å².